The van der Waals surface area contributed by atoms with E-state index in [1.54, 1.807) is 19.9 Å². The van der Waals surface area contributed by atoms with Gasteiger partial charge in [-0.3, -0.25) is 14.5 Å². The number of anilines is 2. The highest BCUT2D eigenvalue weighted by Crippen LogP contribution is 2.37. The third-order valence-corrected chi connectivity index (χ3v) is 4.57. The Labute approximate surface area is 161 Å². The maximum absolute atomic E-state index is 12.8. The minimum atomic E-state index is -1.23. The average molecular weight is 384 g/mol. The van der Waals surface area contributed by atoms with Gasteiger partial charge in [0, 0.05) is 11.8 Å². The van der Waals surface area contributed by atoms with Gasteiger partial charge in [-0.25, -0.2) is 0 Å². The van der Waals surface area contributed by atoms with Gasteiger partial charge in [-0.1, -0.05) is 12.1 Å². The molecule has 0 fully saturated rings. The normalized spacial score (nSPS) is 14.9. The predicted molar refractivity (Wildman–Crippen MR) is 102 cm³/mol. The molecule has 1 aliphatic heterocycles. The molecule has 2 aromatic rings. The molecule has 2 amide bonds. The minimum absolute atomic E-state index is 0.0466. The maximum atomic E-state index is 12.8. The summed E-state index contributed by atoms with van der Waals surface area (Å²) in [5.74, 6) is -1.23. The Bertz CT molecular complexity index is 986. The number of carbonyl (C=O) groups is 2. The van der Waals surface area contributed by atoms with Crippen LogP contribution >= 0.6 is 0 Å². The van der Waals surface area contributed by atoms with E-state index >= 15 is 0 Å². The maximum Gasteiger partial charge on any atom is 0.366 e. The molecule has 1 aromatic carbocycles. The van der Waals surface area contributed by atoms with Crippen molar-refractivity contribution < 1.29 is 19.2 Å². The SMILES string of the molecule is Cc1cccc(NC(=O)CN2C(=O)C(C)(C)Oc3ccc([N+](=O)[O-])nc32)c1C. The van der Waals surface area contributed by atoms with Gasteiger partial charge in [-0.2, -0.15) is 0 Å². The fourth-order valence-electron chi connectivity index (χ4n) is 2.91. The Morgan fingerprint density at radius 1 is 1.29 bits per heavy atom. The first kappa shape index (κ1) is 19.3. The molecule has 0 unspecified atom stereocenters. The highest BCUT2D eigenvalue weighted by Gasteiger charge is 2.45. The predicted octanol–water partition coefficient (Wildman–Crippen LogP) is 2.75. The van der Waals surface area contributed by atoms with E-state index in [-0.39, 0.29) is 18.1 Å². The number of hydrogen-bond donors (Lipinski definition) is 1. The van der Waals surface area contributed by atoms with E-state index in [0.29, 0.717) is 5.69 Å². The van der Waals surface area contributed by atoms with Crippen molar-refractivity contribution in [1.82, 2.24) is 4.98 Å². The molecule has 28 heavy (non-hydrogen) atoms. The van der Waals surface area contributed by atoms with Gasteiger partial charge in [0.2, 0.25) is 5.91 Å². The van der Waals surface area contributed by atoms with Crippen LogP contribution in [-0.2, 0) is 9.59 Å². The summed E-state index contributed by atoms with van der Waals surface area (Å²) in [5.41, 5.74) is 1.34. The summed E-state index contributed by atoms with van der Waals surface area (Å²) >= 11 is 0. The summed E-state index contributed by atoms with van der Waals surface area (Å²) in [5, 5.41) is 13.8. The van der Waals surface area contributed by atoms with E-state index in [2.05, 4.69) is 10.3 Å². The minimum Gasteiger partial charge on any atom is -0.472 e. The summed E-state index contributed by atoms with van der Waals surface area (Å²) in [6.07, 6.45) is 0. The number of pyridine rings is 1. The fourth-order valence-corrected chi connectivity index (χ4v) is 2.91. The molecule has 0 saturated carbocycles. The largest absolute Gasteiger partial charge is 0.472 e. The standard InChI is InChI=1S/C19H20N4O5/c1-11-6-5-7-13(12(11)2)20-16(24)10-22-17-14(28-19(3,4)18(22)25)8-9-15(21-17)23(26)27/h5-9H,10H2,1-4H3,(H,20,24). The van der Waals surface area contributed by atoms with Crippen LogP contribution < -0.4 is 15.0 Å². The fraction of sp³-hybridized carbons (Fsp3) is 0.316. The third kappa shape index (κ3) is 3.51. The molecular weight excluding hydrogens is 364 g/mol. The number of rotatable bonds is 4. The second-order valence-corrected chi connectivity index (χ2v) is 7.05. The van der Waals surface area contributed by atoms with E-state index in [0.717, 1.165) is 16.0 Å². The van der Waals surface area contributed by atoms with Crippen molar-refractivity contribution in [3.05, 3.63) is 51.6 Å². The van der Waals surface area contributed by atoms with Gasteiger partial charge in [0.15, 0.2) is 11.4 Å². The smallest absolute Gasteiger partial charge is 0.366 e. The first-order valence-corrected chi connectivity index (χ1v) is 8.62. The summed E-state index contributed by atoms with van der Waals surface area (Å²) < 4.78 is 5.62. The second kappa shape index (κ2) is 6.91. The zero-order chi connectivity index (χ0) is 20.6. The molecule has 0 saturated heterocycles. The van der Waals surface area contributed by atoms with Gasteiger partial charge in [-0.15, -0.1) is 0 Å². The summed E-state index contributed by atoms with van der Waals surface area (Å²) in [7, 11) is 0. The van der Waals surface area contributed by atoms with E-state index in [4.69, 9.17) is 4.74 Å². The molecule has 3 rings (SSSR count). The van der Waals surface area contributed by atoms with E-state index in [9.17, 15) is 19.7 Å². The van der Waals surface area contributed by atoms with Crippen LogP contribution in [0.3, 0.4) is 0 Å². The van der Waals surface area contributed by atoms with Crippen molar-refractivity contribution in [2.24, 2.45) is 0 Å². The molecule has 0 spiro atoms. The van der Waals surface area contributed by atoms with Crippen molar-refractivity contribution in [2.75, 3.05) is 16.8 Å². The first-order chi connectivity index (χ1) is 13.1. The Balaban J connectivity index is 1.92. The van der Waals surface area contributed by atoms with Gasteiger partial charge in [0.25, 0.3) is 11.7 Å². The molecule has 0 radical (unpaired) electrons. The van der Waals surface area contributed by atoms with Crippen LogP contribution in [-0.4, -0.2) is 33.9 Å². The van der Waals surface area contributed by atoms with Crippen LogP contribution in [0.5, 0.6) is 5.75 Å². The number of ether oxygens (including phenoxy) is 1. The molecule has 2 heterocycles. The number of nitro groups is 1. The number of hydrogen-bond acceptors (Lipinski definition) is 6. The number of fused-ring (bicyclic) bond motifs is 1. The van der Waals surface area contributed by atoms with Crippen molar-refractivity contribution in [2.45, 2.75) is 33.3 Å². The van der Waals surface area contributed by atoms with E-state index < -0.39 is 28.2 Å². The zero-order valence-corrected chi connectivity index (χ0v) is 16.0. The molecule has 0 bridgehead atoms. The van der Waals surface area contributed by atoms with Gasteiger partial charge >= 0.3 is 5.82 Å². The van der Waals surface area contributed by atoms with Crippen molar-refractivity contribution in [1.29, 1.82) is 0 Å². The lowest BCUT2D eigenvalue weighted by atomic mass is 10.1. The van der Waals surface area contributed by atoms with Crippen molar-refractivity contribution in [3.8, 4) is 5.75 Å². The molecule has 1 N–H and O–H groups in total. The number of nitrogens with one attached hydrogen (secondary N) is 1. The second-order valence-electron chi connectivity index (χ2n) is 7.05. The molecule has 9 nitrogen and oxygen atoms in total. The van der Waals surface area contributed by atoms with Crippen LogP contribution in [0.1, 0.15) is 25.0 Å². The van der Waals surface area contributed by atoms with Gasteiger partial charge in [0.1, 0.15) is 6.54 Å². The Kier molecular flexibility index (Phi) is 4.76. The number of carbonyl (C=O) groups excluding carboxylic acids is 2. The monoisotopic (exact) mass is 384 g/mol. The quantitative estimate of drug-likeness (QED) is 0.640. The third-order valence-electron chi connectivity index (χ3n) is 4.57. The lowest BCUT2D eigenvalue weighted by molar-refractivity contribution is -0.389. The molecule has 146 valence electrons. The van der Waals surface area contributed by atoms with Crippen LogP contribution in [0.25, 0.3) is 0 Å². The highest BCUT2D eigenvalue weighted by atomic mass is 16.6. The summed E-state index contributed by atoms with van der Waals surface area (Å²) in [4.78, 5) is 40.8. The number of benzene rings is 1. The number of aryl methyl sites for hydroxylation is 1. The molecule has 9 heteroatoms. The number of nitrogens with zero attached hydrogens (tertiary/aromatic N) is 3. The summed E-state index contributed by atoms with van der Waals surface area (Å²) in [6.45, 7) is 6.59. The van der Waals surface area contributed by atoms with Crippen molar-refractivity contribution in [3.63, 3.8) is 0 Å². The molecule has 0 aliphatic carbocycles. The van der Waals surface area contributed by atoms with Gasteiger partial charge in [-0.05, 0) is 60.9 Å². The first-order valence-electron chi connectivity index (χ1n) is 8.62. The Morgan fingerprint density at radius 3 is 2.68 bits per heavy atom. The van der Waals surface area contributed by atoms with Gasteiger partial charge < -0.3 is 20.2 Å². The molecule has 0 atom stereocenters. The van der Waals surface area contributed by atoms with Crippen LogP contribution in [0.4, 0.5) is 17.3 Å². The lowest BCUT2D eigenvalue weighted by Crippen LogP contribution is -2.54. The Morgan fingerprint density at radius 2 is 2.00 bits per heavy atom. The highest BCUT2D eigenvalue weighted by molar-refractivity contribution is 6.07. The zero-order valence-electron chi connectivity index (χ0n) is 16.0. The summed E-state index contributed by atoms with van der Waals surface area (Å²) in [6, 6.07) is 8.09. The molecule has 1 aromatic heterocycles. The number of aromatic nitrogens is 1. The van der Waals surface area contributed by atoms with Crippen LogP contribution in [0, 0.1) is 24.0 Å². The van der Waals surface area contributed by atoms with Gasteiger partial charge in [0.05, 0.1) is 0 Å². The van der Waals surface area contributed by atoms with Crippen LogP contribution in [0.2, 0.25) is 0 Å². The molecule has 1 aliphatic rings. The number of amides is 2. The van der Waals surface area contributed by atoms with E-state index in [1.165, 1.54) is 12.1 Å². The van der Waals surface area contributed by atoms with E-state index in [1.807, 2.05) is 26.0 Å². The average Bonchev–Trinajstić information content (AvgIpc) is 2.62. The lowest BCUT2D eigenvalue weighted by Gasteiger charge is -2.35. The molecular formula is C19H20N4O5. The van der Waals surface area contributed by atoms with Crippen molar-refractivity contribution >= 4 is 29.1 Å². The van der Waals surface area contributed by atoms with Crippen LogP contribution in [0.15, 0.2) is 30.3 Å². The topological polar surface area (TPSA) is 115 Å². The Hall–Kier alpha value is -3.49.